The molecule has 2 fully saturated rings. The van der Waals surface area contributed by atoms with Crippen molar-refractivity contribution in [1.82, 2.24) is 5.32 Å². The average Bonchev–Trinajstić information content (AvgIpc) is 3.09. The van der Waals surface area contributed by atoms with E-state index in [1.165, 1.54) is 31.2 Å². The molecule has 0 radical (unpaired) electrons. The van der Waals surface area contributed by atoms with E-state index in [0.717, 1.165) is 17.5 Å². The lowest BCUT2D eigenvalue weighted by molar-refractivity contribution is -0.117. The summed E-state index contributed by atoms with van der Waals surface area (Å²) in [6.07, 6.45) is 6.08. The number of hydrogen-bond acceptors (Lipinski definition) is 2. The van der Waals surface area contributed by atoms with Crippen molar-refractivity contribution in [3.8, 4) is 0 Å². The molecule has 0 saturated heterocycles. The van der Waals surface area contributed by atoms with Crippen molar-refractivity contribution in [2.75, 3.05) is 12.4 Å². The predicted molar refractivity (Wildman–Crippen MR) is 86.1 cm³/mol. The normalized spacial score (nSPS) is 28.6. The summed E-state index contributed by atoms with van der Waals surface area (Å²) in [6.45, 7) is 2.12. The van der Waals surface area contributed by atoms with Gasteiger partial charge in [-0.15, -0.1) is 0 Å². The minimum Gasteiger partial charge on any atom is -0.326 e. The molecule has 0 spiro atoms. The van der Waals surface area contributed by atoms with E-state index in [9.17, 15) is 4.79 Å². The molecule has 1 aromatic rings. The number of nitrogens with one attached hydrogen (secondary N) is 2. The third kappa shape index (κ3) is 3.29. The predicted octanol–water partition coefficient (Wildman–Crippen LogP) is 3.73. The number of rotatable bonds is 5. The molecule has 3 nitrogen and oxygen atoms in total. The van der Waals surface area contributed by atoms with Gasteiger partial charge in [-0.05, 0) is 68.7 Å². The Bertz CT molecular complexity index is 514. The van der Waals surface area contributed by atoms with Gasteiger partial charge in [0.1, 0.15) is 0 Å². The standard InChI is InChI=1S/C18H26N2O/c1-12(19-2)14-4-3-5-17(10-14)20-18(21)11-16-9-13-6-7-15(16)8-13/h3-5,10,12-13,15-16,19H,6-9,11H2,1-2H3,(H,20,21). The van der Waals surface area contributed by atoms with Crippen LogP contribution in [0.1, 0.15) is 50.6 Å². The molecule has 1 amide bonds. The third-order valence-corrected chi connectivity index (χ3v) is 5.44. The first-order valence-corrected chi connectivity index (χ1v) is 8.22. The lowest BCUT2D eigenvalue weighted by atomic mass is 9.86. The van der Waals surface area contributed by atoms with Crippen LogP contribution in [0, 0.1) is 17.8 Å². The quantitative estimate of drug-likeness (QED) is 0.866. The SMILES string of the molecule is CNC(C)c1cccc(NC(=O)CC2CC3CCC2C3)c1. The molecule has 2 saturated carbocycles. The van der Waals surface area contributed by atoms with Gasteiger partial charge in [-0.1, -0.05) is 18.6 Å². The molecular weight excluding hydrogens is 260 g/mol. The summed E-state index contributed by atoms with van der Waals surface area (Å²) in [5.41, 5.74) is 2.12. The zero-order valence-corrected chi connectivity index (χ0v) is 13.1. The van der Waals surface area contributed by atoms with Crippen LogP contribution in [0.3, 0.4) is 0 Å². The maximum Gasteiger partial charge on any atom is 0.224 e. The Morgan fingerprint density at radius 2 is 2.19 bits per heavy atom. The lowest BCUT2D eigenvalue weighted by Gasteiger charge is -2.21. The number of carbonyl (C=O) groups is 1. The van der Waals surface area contributed by atoms with Crippen LogP contribution in [0.2, 0.25) is 0 Å². The van der Waals surface area contributed by atoms with E-state index >= 15 is 0 Å². The van der Waals surface area contributed by atoms with Crippen LogP contribution >= 0.6 is 0 Å². The highest BCUT2D eigenvalue weighted by atomic mass is 16.1. The van der Waals surface area contributed by atoms with Gasteiger partial charge in [0.15, 0.2) is 0 Å². The molecule has 0 aromatic heterocycles. The van der Waals surface area contributed by atoms with Crippen molar-refractivity contribution in [2.24, 2.45) is 17.8 Å². The van der Waals surface area contributed by atoms with Crippen LogP contribution in [0.5, 0.6) is 0 Å². The van der Waals surface area contributed by atoms with Gasteiger partial charge in [-0.2, -0.15) is 0 Å². The Hall–Kier alpha value is -1.35. The number of hydrogen-bond donors (Lipinski definition) is 2. The van der Waals surface area contributed by atoms with Gasteiger partial charge >= 0.3 is 0 Å². The Morgan fingerprint density at radius 3 is 2.86 bits per heavy atom. The first-order chi connectivity index (χ1) is 10.2. The van der Waals surface area contributed by atoms with Crippen molar-refractivity contribution >= 4 is 11.6 Å². The molecule has 0 aliphatic heterocycles. The Balaban J connectivity index is 1.57. The maximum absolute atomic E-state index is 12.3. The lowest BCUT2D eigenvalue weighted by Crippen LogP contribution is -2.20. The van der Waals surface area contributed by atoms with E-state index < -0.39 is 0 Å². The zero-order valence-electron chi connectivity index (χ0n) is 13.1. The smallest absolute Gasteiger partial charge is 0.224 e. The van der Waals surface area contributed by atoms with Crippen LogP contribution in [0.25, 0.3) is 0 Å². The van der Waals surface area contributed by atoms with Gasteiger partial charge in [0.05, 0.1) is 0 Å². The molecule has 114 valence electrons. The highest BCUT2D eigenvalue weighted by molar-refractivity contribution is 5.91. The fraction of sp³-hybridized carbons (Fsp3) is 0.611. The summed E-state index contributed by atoms with van der Waals surface area (Å²) in [5, 5.41) is 6.31. The van der Waals surface area contributed by atoms with Crippen molar-refractivity contribution in [2.45, 2.75) is 45.1 Å². The molecule has 2 aliphatic rings. The van der Waals surface area contributed by atoms with E-state index in [4.69, 9.17) is 0 Å². The van der Waals surface area contributed by atoms with E-state index in [2.05, 4.69) is 29.7 Å². The van der Waals surface area contributed by atoms with Crippen LogP contribution in [-0.2, 0) is 4.79 Å². The topological polar surface area (TPSA) is 41.1 Å². The average molecular weight is 286 g/mol. The van der Waals surface area contributed by atoms with E-state index in [1.54, 1.807) is 0 Å². The molecule has 1 aromatic carbocycles. The van der Waals surface area contributed by atoms with E-state index in [-0.39, 0.29) is 5.91 Å². The molecular formula is C18H26N2O. The third-order valence-electron chi connectivity index (χ3n) is 5.44. The number of benzene rings is 1. The van der Waals surface area contributed by atoms with Gasteiger partial charge in [0.2, 0.25) is 5.91 Å². The van der Waals surface area contributed by atoms with Crippen molar-refractivity contribution < 1.29 is 4.79 Å². The summed E-state index contributed by atoms with van der Waals surface area (Å²) in [4.78, 5) is 12.3. The number of amides is 1. The first kappa shape index (κ1) is 14.6. The Morgan fingerprint density at radius 1 is 1.33 bits per heavy atom. The molecule has 4 atom stereocenters. The Kier molecular flexibility index (Phi) is 4.29. The fourth-order valence-corrected chi connectivity index (χ4v) is 4.13. The number of carbonyl (C=O) groups excluding carboxylic acids is 1. The minimum atomic E-state index is 0.182. The van der Waals surface area contributed by atoms with Crippen molar-refractivity contribution in [3.05, 3.63) is 29.8 Å². The van der Waals surface area contributed by atoms with E-state index in [0.29, 0.717) is 18.4 Å². The second-order valence-electron chi connectivity index (χ2n) is 6.82. The molecule has 21 heavy (non-hydrogen) atoms. The summed E-state index contributed by atoms with van der Waals surface area (Å²) in [5.74, 6) is 2.54. The fourth-order valence-electron chi connectivity index (χ4n) is 4.13. The molecule has 2 bridgehead atoms. The maximum atomic E-state index is 12.3. The largest absolute Gasteiger partial charge is 0.326 e. The summed E-state index contributed by atoms with van der Waals surface area (Å²) >= 11 is 0. The van der Waals surface area contributed by atoms with Crippen molar-refractivity contribution in [1.29, 1.82) is 0 Å². The number of anilines is 1. The van der Waals surface area contributed by atoms with E-state index in [1.807, 2.05) is 19.2 Å². The zero-order chi connectivity index (χ0) is 14.8. The molecule has 2 aliphatic carbocycles. The van der Waals surface area contributed by atoms with Crippen LogP contribution in [0.15, 0.2) is 24.3 Å². The molecule has 3 rings (SSSR count). The van der Waals surface area contributed by atoms with Gasteiger partial charge in [0.25, 0.3) is 0 Å². The molecule has 3 heteroatoms. The molecule has 4 unspecified atom stereocenters. The van der Waals surface area contributed by atoms with Gasteiger partial charge in [0, 0.05) is 18.2 Å². The van der Waals surface area contributed by atoms with Crippen LogP contribution in [0.4, 0.5) is 5.69 Å². The molecule has 2 N–H and O–H groups in total. The van der Waals surface area contributed by atoms with Crippen LogP contribution in [-0.4, -0.2) is 13.0 Å². The van der Waals surface area contributed by atoms with Gasteiger partial charge in [-0.25, -0.2) is 0 Å². The van der Waals surface area contributed by atoms with Crippen molar-refractivity contribution in [3.63, 3.8) is 0 Å². The van der Waals surface area contributed by atoms with Gasteiger partial charge < -0.3 is 10.6 Å². The molecule has 0 heterocycles. The summed E-state index contributed by atoms with van der Waals surface area (Å²) in [7, 11) is 1.95. The summed E-state index contributed by atoms with van der Waals surface area (Å²) in [6, 6.07) is 8.44. The minimum absolute atomic E-state index is 0.182. The summed E-state index contributed by atoms with van der Waals surface area (Å²) < 4.78 is 0. The number of fused-ring (bicyclic) bond motifs is 2. The van der Waals surface area contributed by atoms with Gasteiger partial charge in [-0.3, -0.25) is 4.79 Å². The van der Waals surface area contributed by atoms with Crippen LogP contribution < -0.4 is 10.6 Å². The second kappa shape index (κ2) is 6.18. The second-order valence-corrected chi connectivity index (χ2v) is 6.82. The highest BCUT2D eigenvalue weighted by Crippen LogP contribution is 2.49. The first-order valence-electron chi connectivity index (χ1n) is 8.22. The Labute approximate surface area is 127 Å². The monoisotopic (exact) mass is 286 g/mol. The highest BCUT2D eigenvalue weighted by Gasteiger charge is 2.40.